The summed E-state index contributed by atoms with van der Waals surface area (Å²) in [5.41, 5.74) is 5.54. The molecule has 2 rings (SSSR count). The van der Waals surface area contributed by atoms with Gasteiger partial charge in [-0.25, -0.2) is 0 Å². The Hall–Kier alpha value is -2.35. The van der Waals surface area contributed by atoms with Gasteiger partial charge in [-0.1, -0.05) is 36.4 Å². The summed E-state index contributed by atoms with van der Waals surface area (Å²) in [6.07, 6.45) is -5.75. The van der Waals surface area contributed by atoms with Gasteiger partial charge in [0.1, 0.15) is 12.6 Å². The fourth-order valence-corrected chi connectivity index (χ4v) is 2.12. The van der Waals surface area contributed by atoms with E-state index in [-0.39, 0.29) is 18.1 Å². The van der Waals surface area contributed by atoms with E-state index in [1.807, 2.05) is 6.07 Å². The first kappa shape index (κ1) is 19.0. The van der Waals surface area contributed by atoms with Crippen molar-refractivity contribution in [3.63, 3.8) is 0 Å². The number of alkyl halides is 5. The molecule has 0 amide bonds. The zero-order chi connectivity index (χ0) is 18.7. The molecule has 25 heavy (non-hydrogen) atoms. The minimum atomic E-state index is -5.75. The Balaban J connectivity index is 2.27. The van der Waals surface area contributed by atoms with Gasteiger partial charge in [0, 0.05) is 0 Å². The summed E-state index contributed by atoms with van der Waals surface area (Å²) in [6, 6.07) is 9.70. The largest absolute Gasteiger partial charge is 0.493 e. The number of benzene rings is 2. The summed E-state index contributed by atoms with van der Waals surface area (Å²) in [6.45, 7) is 0.0888. The van der Waals surface area contributed by atoms with Crippen molar-refractivity contribution in [2.24, 2.45) is 5.73 Å². The number of methoxy groups -OCH3 is 1. The first-order valence-corrected chi connectivity index (χ1v) is 7.21. The van der Waals surface area contributed by atoms with Crippen molar-refractivity contribution in [2.75, 3.05) is 7.11 Å². The van der Waals surface area contributed by atoms with Crippen LogP contribution < -0.4 is 15.2 Å². The molecule has 0 aliphatic heterocycles. The van der Waals surface area contributed by atoms with Crippen LogP contribution in [-0.2, 0) is 6.61 Å². The maximum Gasteiger partial charge on any atom is 0.455 e. The second-order valence-corrected chi connectivity index (χ2v) is 5.28. The molecule has 2 N–H and O–H groups in total. The van der Waals surface area contributed by atoms with Crippen LogP contribution in [0.15, 0.2) is 48.5 Å². The smallest absolute Gasteiger partial charge is 0.455 e. The molecule has 0 radical (unpaired) electrons. The van der Waals surface area contributed by atoms with Crippen LogP contribution in [0.2, 0.25) is 0 Å². The van der Waals surface area contributed by atoms with Crippen molar-refractivity contribution in [1.82, 2.24) is 0 Å². The van der Waals surface area contributed by atoms with Gasteiger partial charge in [0.2, 0.25) is 0 Å². The second-order valence-electron chi connectivity index (χ2n) is 5.28. The summed E-state index contributed by atoms with van der Waals surface area (Å²) in [5.74, 6) is -4.85. The number of hydrogen-bond donors (Lipinski definition) is 1. The Morgan fingerprint density at radius 2 is 1.60 bits per heavy atom. The van der Waals surface area contributed by atoms with Crippen LogP contribution >= 0.6 is 0 Å². The van der Waals surface area contributed by atoms with Gasteiger partial charge in [-0.3, -0.25) is 0 Å². The first-order chi connectivity index (χ1) is 11.7. The van der Waals surface area contributed by atoms with Gasteiger partial charge in [0.05, 0.1) is 7.11 Å². The highest BCUT2D eigenvalue weighted by Gasteiger charge is 2.61. The summed E-state index contributed by atoms with van der Waals surface area (Å²) < 4.78 is 74.9. The average molecular weight is 361 g/mol. The quantitative estimate of drug-likeness (QED) is 0.772. The molecule has 0 saturated heterocycles. The summed E-state index contributed by atoms with van der Waals surface area (Å²) in [5, 5.41) is 0. The van der Waals surface area contributed by atoms with E-state index in [2.05, 4.69) is 0 Å². The highest BCUT2D eigenvalue weighted by molar-refractivity contribution is 5.44. The van der Waals surface area contributed by atoms with Gasteiger partial charge >= 0.3 is 12.1 Å². The summed E-state index contributed by atoms with van der Waals surface area (Å²) in [7, 11) is 1.33. The van der Waals surface area contributed by atoms with Crippen molar-refractivity contribution in [1.29, 1.82) is 0 Å². The molecule has 0 heterocycles. The number of hydrogen-bond acceptors (Lipinski definition) is 3. The molecule has 0 aliphatic carbocycles. The number of nitrogens with two attached hydrogens (primary N) is 1. The van der Waals surface area contributed by atoms with E-state index in [9.17, 15) is 22.0 Å². The topological polar surface area (TPSA) is 44.5 Å². The van der Waals surface area contributed by atoms with E-state index in [1.54, 1.807) is 24.3 Å². The maximum absolute atomic E-state index is 13.5. The molecule has 0 bridgehead atoms. The van der Waals surface area contributed by atoms with Crippen LogP contribution in [-0.4, -0.2) is 19.2 Å². The van der Waals surface area contributed by atoms with Gasteiger partial charge in [-0.2, -0.15) is 22.0 Å². The molecule has 0 fully saturated rings. The molecule has 8 heteroatoms. The zero-order valence-corrected chi connectivity index (χ0v) is 13.2. The highest BCUT2D eigenvalue weighted by Crippen LogP contribution is 2.44. The number of halogens is 5. The van der Waals surface area contributed by atoms with Gasteiger partial charge in [-0.15, -0.1) is 0 Å². The average Bonchev–Trinajstić information content (AvgIpc) is 2.59. The standard InChI is InChI=1S/C17H16F5NO2/c1-24-13-8-7-12(15(23)16(18,19)17(20,21)22)9-14(13)25-10-11-5-3-2-4-6-11/h2-9,15H,10,23H2,1H3/t15-/m0/s1. The zero-order valence-electron chi connectivity index (χ0n) is 13.2. The molecule has 0 spiro atoms. The van der Waals surface area contributed by atoms with Crippen LogP contribution in [0, 0.1) is 0 Å². The Kier molecular flexibility index (Phi) is 5.52. The number of ether oxygens (including phenoxy) is 2. The molecular weight excluding hydrogens is 345 g/mol. The van der Waals surface area contributed by atoms with Crippen LogP contribution in [0.1, 0.15) is 17.2 Å². The van der Waals surface area contributed by atoms with Crippen molar-refractivity contribution < 1.29 is 31.4 Å². The predicted octanol–water partition coefficient (Wildman–Crippen LogP) is 4.47. The fourth-order valence-electron chi connectivity index (χ4n) is 2.12. The predicted molar refractivity (Wildman–Crippen MR) is 81.7 cm³/mol. The van der Waals surface area contributed by atoms with E-state index in [0.29, 0.717) is 0 Å². The lowest BCUT2D eigenvalue weighted by molar-refractivity contribution is -0.291. The van der Waals surface area contributed by atoms with Crippen molar-refractivity contribution in [3.8, 4) is 11.5 Å². The van der Waals surface area contributed by atoms with E-state index in [0.717, 1.165) is 17.7 Å². The third kappa shape index (κ3) is 4.19. The molecule has 2 aromatic carbocycles. The van der Waals surface area contributed by atoms with Crippen LogP contribution in [0.25, 0.3) is 0 Å². The van der Waals surface area contributed by atoms with Crippen molar-refractivity contribution >= 4 is 0 Å². The Labute approximate surface area is 141 Å². The lowest BCUT2D eigenvalue weighted by Crippen LogP contribution is -2.45. The fraction of sp³-hybridized carbons (Fsp3) is 0.294. The molecule has 136 valence electrons. The molecule has 0 saturated carbocycles. The normalized spacial score (nSPS) is 13.4. The van der Waals surface area contributed by atoms with Crippen molar-refractivity contribution in [3.05, 3.63) is 59.7 Å². The Morgan fingerprint density at radius 1 is 0.960 bits per heavy atom. The summed E-state index contributed by atoms with van der Waals surface area (Å²) >= 11 is 0. The molecular formula is C17H16F5NO2. The monoisotopic (exact) mass is 361 g/mol. The van der Waals surface area contributed by atoms with Crippen LogP contribution in [0.3, 0.4) is 0 Å². The Morgan fingerprint density at radius 3 is 2.16 bits per heavy atom. The molecule has 0 aliphatic rings. The van der Waals surface area contributed by atoms with E-state index in [4.69, 9.17) is 15.2 Å². The third-order valence-corrected chi connectivity index (χ3v) is 3.55. The molecule has 2 aromatic rings. The van der Waals surface area contributed by atoms with Gasteiger partial charge in [-0.05, 0) is 23.3 Å². The molecule has 0 aromatic heterocycles. The van der Waals surface area contributed by atoms with Gasteiger partial charge in [0.25, 0.3) is 0 Å². The van der Waals surface area contributed by atoms with Gasteiger partial charge < -0.3 is 15.2 Å². The second kappa shape index (κ2) is 7.26. The van der Waals surface area contributed by atoms with Crippen LogP contribution in [0.5, 0.6) is 11.5 Å². The van der Waals surface area contributed by atoms with Gasteiger partial charge in [0.15, 0.2) is 11.5 Å². The number of rotatable bonds is 6. The molecule has 0 unspecified atom stereocenters. The SMILES string of the molecule is COc1ccc([C@H](N)C(F)(F)C(F)(F)F)cc1OCc1ccccc1. The lowest BCUT2D eigenvalue weighted by atomic mass is 10.0. The van der Waals surface area contributed by atoms with E-state index >= 15 is 0 Å². The minimum absolute atomic E-state index is 0.0253. The van der Waals surface area contributed by atoms with Crippen molar-refractivity contribution in [2.45, 2.75) is 24.7 Å². The third-order valence-electron chi connectivity index (χ3n) is 3.55. The molecule has 3 nitrogen and oxygen atoms in total. The maximum atomic E-state index is 13.5. The lowest BCUT2D eigenvalue weighted by Gasteiger charge is -2.26. The van der Waals surface area contributed by atoms with Crippen LogP contribution in [0.4, 0.5) is 22.0 Å². The Bertz CT molecular complexity index is 704. The summed E-state index contributed by atoms with van der Waals surface area (Å²) in [4.78, 5) is 0. The highest BCUT2D eigenvalue weighted by atomic mass is 19.4. The van der Waals surface area contributed by atoms with E-state index < -0.39 is 23.7 Å². The first-order valence-electron chi connectivity index (χ1n) is 7.21. The van der Waals surface area contributed by atoms with E-state index in [1.165, 1.54) is 13.2 Å². The molecule has 1 atom stereocenters. The minimum Gasteiger partial charge on any atom is -0.493 e.